The second kappa shape index (κ2) is 9.22. The van der Waals surface area contributed by atoms with Crippen molar-refractivity contribution >= 4 is 23.3 Å². The van der Waals surface area contributed by atoms with Gasteiger partial charge in [0.15, 0.2) is 0 Å². The first-order valence-electron chi connectivity index (χ1n) is 10.0. The van der Waals surface area contributed by atoms with E-state index in [1.54, 1.807) is 18.2 Å². The van der Waals surface area contributed by atoms with Crippen LogP contribution in [0.2, 0.25) is 0 Å². The maximum atomic E-state index is 13.6. The Kier molecular flexibility index (Phi) is 6.65. The van der Waals surface area contributed by atoms with E-state index < -0.39 is 24.3 Å². The molecule has 2 heterocycles. The van der Waals surface area contributed by atoms with Crippen LogP contribution >= 0.6 is 0 Å². The lowest BCUT2D eigenvalue weighted by Gasteiger charge is -2.17. The molecule has 2 N–H and O–H groups in total. The Morgan fingerprint density at radius 2 is 1.84 bits per heavy atom. The third-order valence-corrected chi connectivity index (χ3v) is 5.00. The van der Waals surface area contributed by atoms with Gasteiger partial charge in [-0.25, -0.2) is 8.91 Å². The summed E-state index contributed by atoms with van der Waals surface area (Å²) in [5.74, 6) is -2.06. The van der Waals surface area contributed by atoms with E-state index in [2.05, 4.69) is 0 Å². The van der Waals surface area contributed by atoms with Crippen molar-refractivity contribution in [1.82, 2.24) is 9.61 Å². The van der Waals surface area contributed by atoms with Crippen molar-refractivity contribution in [3.63, 3.8) is 0 Å². The average molecular weight is 424 g/mol. The molecular weight excluding hydrogens is 399 g/mol. The van der Waals surface area contributed by atoms with Gasteiger partial charge < -0.3 is 10.2 Å². The Morgan fingerprint density at radius 3 is 2.45 bits per heavy atom. The number of carbonyl (C=O) groups is 2. The van der Waals surface area contributed by atoms with Gasteiger partial charge in [-0.2, -0.15) is 5.10 Å². The van der Waals surface area contributed by atoms with Crippen LogP contribution in [-0.4, -0.2) is 37.7 Å². The second-order valence-corrected chi connectivity index (χ2v) is 7.85. The highest BCUT2D eigenvalue weighted by Crippen LogP contribution is 2.35. The molecule has 0 aliphatic carbocycles. The van der Waals surface area contributed by atoms with Crippen molar-refractivity contribution in [1.29, 1.82) is 0 Å². The molecule has 1 aromatic carbocycles. The smallest absolute Gasteiger partial charge is 0.310 e. The van der Waals surface area contributed by atoms with Gasteiger partial charge >= 0.3 is 5.97 Å². The van der Waals surface area contributed by atoms with Gasteiger partial charge in [0.1, 0.15) is 18.0 Å². The molecule has 0 fully saturated rings. The first kappa shape index (κ1) is 22.4. The lowest BCUT2D eigenvalue weighted by molar-refractivity contribution is -0.140. The van der Waals surface area contributed by atoms with Gasteiger partial charge in [-0.3, -0.25) is 9.59 Å². The molecule has 0 bridgehead atoms. The van der Waals surface area contributed by atoms with Gasteiger partial charge in [-0.05, 0) is 42.7 Å². The molecule has 0 aliphatic rings. The maximum absolute atomic E-state index is 13.6. The van der Waals surface area contributed by atoms with Gasteiger partial charge in [0.2, 0.25) is 0 Å². The van der Waals surface area contributed by atoms with Crippen LogP contribution in [0, 0.1) is 12.7 Å². The van der Waals surface area contributed by atoms with E-state index >= 15 is 0 Å². The number of carboxylic acid groups (broad SMARTS) is 1. The molecule has 0 saturated carbocycles. The molecule has 2 aromatic heterocycles. The number of aliphatic hydroxyl groups is 1. The number of hydrogen-bond acceptors (Lipinski definition) is 4. The normalized spacial score (nSPS) is 12.7. The summed E-state index contributed by atoms with van der Waals surface area (Å²) in [7, 11) is 0. The van der Waals surface area contributed by atoms with Crippen molar-refractivity contribution in [3.05, 3.63) is 65.2 Å². The molecule has 1 unspecified atom stereocenters. The summed E-state index contributed by atoms with van der Waals surface area (Å²) in [6.45, 7) is 5.96. The van der Waals surface area contributed by atoms with Crippen LogP contribution in [0.3, 0.4) is 0 Å². The highest BCUT2D eigenvalue weighted by atomic mass is 19.1. The molecule has 3 aromatic rings. The third-order valence-electron chi connectivity index (χ3n) is 5.00. The number of nitrogens with zero attached hydrogens (tertiary/aromatic N) is 2. The number of carboxylic acids is 1. The van der Waals surface area contributed by atoms with Gasteiger partial charge in [-0.15, -0.1) is 0 Å². The quantitative estimate of drug-likeness (QED) is 0.524. The first-order valence-corrected chi connectivity index (χ1v) is 10.0. The number of aryl methyl sites for hydroxylation is 1. The molecule has 0 amide bonds. The minimum absolute atomic E-state index is 0.0517. The maximum Gasteiger partial charge on any atom is 0.310 e. The predicted molar refractivity (Wildman–Crippen MR) is 116 cm³/mol. The van der Waals surface area contributed by atoms with Crippen LogP contribution in [-0.2, 0) is 9.59 Å². The van der Waals surface area contributed by atoms with Crippen LogP contribution in [0.1, 0.15) is 49.6 Å². The van der Waals surface area contributed by atoms with E-state index in [0.29, 0.717) is 0 Å². The molecule has 1 atom stereocenters. The Morgan fingerprint density at radius 1 is 1.16 bits per heavy atom. The molecule has 0 saturated heterocycles. The Labute approximate surface area is 179 Å². The van der Waals surface area contributed by atoms with Crippen LogP contribution < -0.4 is 0 Å². The molecule has 6 nitrogen and oxygen atoms in total. The zero-order valence-electron chi connectivity index (χ0n) is 17.7. The number of halogens is 1. The molecule has 162 valence electrons. The highest BCUT2D eigenvalue weighted by molar-refractivity contribution is 5.95. The number of aromatic nitrogens is 2. The summed E-state index contributed by atoms with van der Waals surface area (Å²) in [6.07, 6.45) is 1.15. The number of fused-ring (bicyclic) bond motifs is 1. The number of hydrogen-bond donors (Lipinski definition) is 2. The van der Waals surface area contributed by atoms with Crippen LogP contribution in [0.4, 0.5) is 4.39 Å². The molecular formula is C24H25FN2O4. The molecule has 0 aliphatic heterocycles. The monoisotopic (exact) mass is 424 g/mol. The predicted octanol–water partition coefficient (Wildman–Crippen LogP) is 4.38. The zero-order chi connectivity index (χ0) is 22.7. The average Bonchev–Trinajstić information content (AvgIpc) is 3.06. The van der Waals surface area contributed by atoms with Gasteiger partial charge in [0.05, 0.1) is 17.3 Å². The van der Waals surface area contributed by atoms with E-state index in [4.69, 9.17) is 10.2 Å². The Bertz CT molecular complexity index is 1150. The van der Waals surface area contributed by atoms with E-state index in [0.717, 1.165) is 33.6 Å². The van der Waals surface area contributed by atoms with Crippen LogP contribution in [0.25, 0.3) is 22.7 Å². The van der Waals surface area contributed by atoms with Gasteiger partial charge in [0, 0.05) is 23.2 Å². The van der Waals surface area contributed by atoms with E-state index in [1.807, 2.05) is 37.4 Å². The fourth-order valence-corrected chi connectivity index (χ4v) is 3.54. The number of benzene rings is 1. The number of carbonyl (C=O) groups excluding carboxylic acids is 1. The molecule has 3 rings (SSSR count). The lowest BCUT2D eigenvalue weighted by Crippen LogP contribution is -2.14. The van der Waals surface area contributed by atoms with Gasteiger partial charge in [0.25, 0.3) is 0 Å². The van der Waals surface area contributed by atoms with Crippen molar-refractivity contribution in [2.45, 2.75) is 45.6 Å². The van der Waals surface area contributed by atoms with Crippen molar-refractivity contribution in [3.8, 4) is 11.1 Å². The zero-order valence-corrected chi connectivity index (χ0v) is 17.7. The molecule has 0 spiro atoms. The first-order chi connectivity index (χ1) is 14.7. The SMILES string of the molecule is Cc1ccc2c(-c3ccc(F)cc3)c(C=CC(O)CC(=O)CC(=O)O)c(C(C)C)nn12. The summed E-state index contributed by atoms with van der Waals surface area (Å²) < 4.78 is 15.4. The highest BCUT2D eigenvalue weighted by Gasteiger charge is 2.19. The minimum Gasteiger partial charge on any atom is -0.481 e. The fraction of sp³-hybridized carbons (Fsp3) is 0.292. The Balaban J connectivity index is 2.13. The van der Waals surface area contributed by atoms with Gasteiger partial charge in [-0.1, -0.05) is 38.1 Å². The number of Topliss-reactive ketones (excluding diaryl/α,β-unsaturated/α-hetero) is 1. The fourth-order valence-electron chi connectivity index (χ4n) is 3.54. The minimum atomic E-state index is -1.22. The lowest BCUT2D eigenvalue weighted by atomic mass is 9.93. The third kappa shape index (κ3) is 5.06. The van der Waals surface area contributed by atoms with E-state index in [9.17, 15) is 19.1 Å². The van der Waals surface area contributed by atoms with Crippen molar-refractivity contribution in [2.24, 2.45) is 0 Å². The van der Waals surface area contributed by atoms with Crippen molar-refractivity contribution in [2.75, 3.05) is 0 Å². The standard InChI is InChI=1S/C24H25FN2O4/c1-14(2)24-20(10-9-18(28)12-19(29)13-22(30)31)23(16-5-7-17(25)8-6-16)21-11-4-15(3)27(21)26-24/h4-11,14,18,28H,12-13H2,1-3H3,(H,30,31). The van der Waals surface area contributed by atoms with E-state index in [1.165, 1.54) is 18.2 Å². The number of aliphatic hydroxyl groups excluding tert-OH is 1. The number of aliphatic carboxylic acids is 1. The summed E-state index contributed by atoms with van der Waals surface area (Å²) in [6, 6.07) is 10.1. The van der Waals surface area contributed by atoms with E-state index in [-0.39, 0.29) is 18.2 Å². The topological polar surface area (TPSA) is 91.9 Å². The summed E-state index contributed by atoms with van der Waals surface area (Å²) in [5.41, 5.74) is 4.97. The molecule has 0 radical (unpaired) electrons. The second-order valence-electron chi connectivity index (χ2n) is 7.85. The summed E-state index contributed by atoms with van der Waals surface area (Å²) in [5, 5.41) is 23.8. The summed E-state index contributed by atoms with van der Waals surface area (Å²) >= 11 is 0. The summed E-state index contributed by atoms with van der Waals surface area (Å²) in [4.78, 5) is 22.4. The Hall–Kier alpha value is -3.32. The number of rotatable bonds is 8. The largest absolute Gasteiger partial charge is 0.481 e. The van der Waals surface area contributed by atoms with Crippen molar-refractivity contribution < 1.29 is 24.2 Å². The number of ketones is 1. The molecule has 7 heteroatoms. The van der Waals surface area contributed by atoms with Crippen LogP contribution in [0.15, 0.2) is 42.5 Å². The molecule has 31 heavy (non-hydrogen) atoms. The van der Waals surface area contributed by atoms with Crippen LogP contribution in [0.5, 0.6) is 0 Å².